The van der Waals surface area contributed by atoms with Crippen molar-refractivity contribution in [1.29, 1.82) is 0 Å². The zero-order chi connectivity index (χ0) is 10.7. The van der Waals surface area contributed by atoms with Gasteiger partial charge in [-0.05, 0) is 38.4 Å². The molecule has 2 nitrogen and oxygen atoms in total. The Labute approximate surface area is 89.1 Å². The average molecular weight is 209 g/mol. The van der Waals surface area contributed by atoms with Gasteiger partial charge in [-0.3, -0.25) is 0 Å². The molecule has 1 fully saturated rings. The van der Waals surface area contributed by atoms with Crippen LogP contribution in [-0.2, 0) is 5.60 Å². The van der Waals surface area contributed by atoms with Gasteiger partial charge in [-0.2, -0.15) is 0 Å². The molecule has 82 valence electrons. The van der Waals surface area contributed by atoms with Crippen LogP contribution in [0.15, 0.2) is 24.3 Å². The largest absolute Gasteiger partial charge is 0.385 e. The fraction of sp³-hybridized carbons (Fsp3) is 0.500. The maximum Gasteiger partial charge on any atom is 0.129 e. The van der Waals surface area contributed by atoms with Crippen molar-refractivity contribution in [2.45, 2.75) is 24.9 Å². The lowest BCUT2D eigenvalue weighted by atomic mass is 9.86. The fourth-order valence-corrected chi connectivity index (χ4v) is 2.16. The molecule has 1 aliphatic rings. The van der Waals surface area contributed by atoms with Crippen LogP contribution in [0.5, 0.6) is 0 Å². The van der Waals surface area contributed by atoms with Crippen molar-refractivity contribution in [2.75, 3.05) is 13.1 Å². The first-order valence-electron chi connectivity index (χ1n) is 5.40. The minimum atomic E-state index is -0.991. The Bertz CT molecular complexity index is 332. The molecule has 1 unspecified atom stereocenters. The number of benzene rings is 1. The summed E-state index contributed by atoms with van der Waals surface area (Å²) in [6.45, 7) is 1.64. The van der Waals surface area contributed by atoms with Crippen LogP contribution in [0.4, 0.5) is 4.39 Å². The quantitative estimate of drug-likeness (QED) is 0.739. The monoisotopic (exact) mass is 209 g/mol. The van der Waals surface area contributed by atoms with E-state index in [-0.39, 0.29) is 5.82 Å². The third-order valence-corrected chi connectivity index (χ3v) is 3.03. The lowest BCUT2D eigenvalue weighted by molar-refractivity contribution is 0.0206. The van der Waals surface area contributed by atoms with E-state index in [4.69, 9.17) is 0 Å². The van der Waals surface area contributed by atoms with E-state index in [1.54, 1.807) is 18.2 Å². The molecular weight excluding hydrogens is 193 g/mol. The van der Waals surface area contributed by atoms with Gasteiger partial charge in [0.1, 0.15) is 5.82 Å². The third kappa shape index (κ3) is 2.19. The normalized spacial score (nSPS) is 27.3. The smallest absolute Gasteiger partial charge is 0.129 e. The molecule has 1 aromatic rings. The molecule has 1 atom stereocenters. The standard InChI is InChI=1S/C12H16FNO/c13-11-5-2-1-4-10(11)12(15)6-3-8-14-9-7-12/h1-2,4-5,14-15H,3,6-9H2. The molecule has 0 bridgehead atoms. The van der Waals surface area contributed by atoms with E-state index in [0.29, 0.717) is 18.4 Å². The molecule has 0 aliphatic carbocycles. The highest BCUT2D eigenvalue weighted by Crippen LogP contribution is 2.32. The number of halogens is 1. The van der Waals surface area contributed by atoms with Crippen LogP contribution in [0.2, 0.25) is 0 Å². The van der Waals surface area contributed by atoms with Crippen molar-refractivity contribution >= 4 is 0 Å². The van der Waals surface area contributed by atoms with E-state index in [9.17, 15) is 9.50 Å². The number of hydrogen-bond acceptors (Lipinski definition) is 2. The van der Waals surface area contributed by atoms with Gasteiger partial charge in [0, 0.05) is 5.56 Å². The van der Waals surface area contributed by atoms with E-state index >= 15 is 0 Å². The molecule has 1 aromatic carbocycles. The van der Waals surface area contributed by atoms with Crippen molar-refractivity contribution in [3.05, 3.63) is 35.6 Å². The molecule has 1 aliphatic heterocycles. The van der Waals surface area contributed by atoms with Crippen LogP contribution in [0.3, 0.4) is 0 Å². The predicted molar refractivity (Wildman–Crippen MR) is 57.0 cm³/mol. The second-order valence-corrected chi connectivity index (χ2v) is 4.11. The zero-order valence-electron chi connectivity index (χ0n) is 8.67. The van der Waals surface area contributed by atoms with E-state index in [1.807, 2.05) is 0 Å². The molecule has 2 rings (SSSR count). The summed E-state index contributed by atoms with van der Waals surface area (Å²) in [5, 5.41) is 13.6. The molecule has 0 radical (unpaired) electrons. The Kier molecular flexibility index (Phi) is 3.03. The summed E-state index contributed by atoms with van der Waals surface area (Å²) < 4.78 is 13.6. The van der Waals surface area contributed by atoms with Crippen LogP contribution < -0.4 is 5.32 Å². The molecule has 0 aromatic heterocycles. The summed E-state index contributed by atoms with van der Waals surface area (Å²) in [5.74, 6) is -0.304. The van der Waals surface area contributed by atoms with Gasteiger partial charge in [0.15, 0.2) is 0 Å². The Hall–Kier alpha value is -0.930. The second kappa shape index (κ2) is 4.29. The Morgan fingerprint density at radius 3 is 2.80 bits per heavy atom. The molecule has 1 saturated heterocycles. The van der Waals surface area contributed by atoms with Crippen molar-refractivity contribution in [3.63, 3.8) is 0 Å². The predicted octanol–water partition coefficient (Wildman–Crippen LogP) is 1.79. The number of rotatable bonds is 1. The maximum atomic E-state index is 13.6. The molecule has 0 amide bonds. The average Bonchev–Trinajstić information content (AvgIpc) is 2.44. The van der Waals surface area contributed by atoms with Gasteiger partial charge in [-0.1, -0.05) is 18.2 Å². The minimum Gasteiger partial charge on any atom is -0.385 e. The Morgan fingerprint density at radius 2 is 2.00 bits per heavy atom. The van der Waals surface area contributed by atoms with Gasteiger partial charge in [-0.25, -0.2) is 4.39 Å². The minimum absolute atomic E-state index is 0.304. The Balaban J connectivity index is 2.30. The summed E-state index contributed by atoms with van der Waals surface area (Å²) in [6.07, 6.45) is 2.08. The van der Waals surface area contributed by atoms with Crippen LogP contribution in [-0.4, -0.2) is 18.2 Å². The Morgan fingerprint density at radius 1 is 1.20 bits per heavy atom. The number of aliphatic hydroxyl groups is 1. The third-order valence-electron chi connectivity index (χ3n) is 3.03. The highest BCUT2D eigenvalue weighted by atomic mass is 19.1. The lowest BCUT2D eigenvalue weighted by Crippen LogP contribution is -2.28. The molecule has 2 N–H and O–H groups in total. The number of nitrogens with one attached hydrogen (secondary N) is 1. The van der Waals surface area contributed by atoms with Gasteiger partial charge in [0.2, 0.25) is 0 Å². The summed E-state index contributed by atoms with van der Waals surface area (Å²) in [7, 11) is 0. The summed E-state index contributed by atoms with van der Waals surface area (Å²) in [5.41, 5.74) is -0.553. The van der Waals surface area contributed by atoms with Crippen molar-refractivity contribution < 1.29 is 9.50 Å². The first-order valence-corrected chi connectivity index (χ1v) is 5.40. The molecule has 0 spiro atoms. The molecule has 3 heteroatoms. The van der Waals surface area contributed by atoms with Crippen LogP contribution >= 0.6 is 0 Å². The highest BCUT2D eigenvalue weighted by Gasteiger charge is 2.32. The first kappa shape index (κ1) is 10.6. The van der Waals surface area contributed by atoms with Crippen LogP contribution in [0.1, 0.15) is 24.8 Å². The van der Waals surface area contributed by atoms with Gasteiger partial charge in [0.25, 0.3) is 0 Å². The number of hydrogen-bond donors (Lipinski definition) is 2. The van der Waals surface area contributed by atoms with Crippen molar-refractivity contribution in [1.82, 2.24) is 5.32 Å². The van der Waals surface area contributed by atoms with Crippen LogP contribution in [0.25, 0.3) is 0 Å². The first-order chi connectivity index (χ1) is 7.22. The topological polar surface area (TPSA) is 32.3 Å². The highest BCUT2D eigenvalue weighted by molar-refractivity contribution is 5.24. The van der Waals surface area contributed by atoms with Gasteiger partial charge in [0.05, 0.1) is 5.60 Å². The molecule has 0 saturated carbocycles. The second-order valence-electron chi connectivity index (χ2n) is 4.11. The van der Waals surface area contributed by atoms with E-state index < -0.39 is 5.60 Å². The SMILES string of the molecule is OC1(c2ccccc2F)CCCNCC1. The van der Waals surface area contributed by atoms with E-state index in [2.05, 4.69) is 5.32 Å². The summed E-state index contributed by atoms with van der Waals surface area (Å²) in [4.78, 5) is 0. The van der Waals surface area contributed by atoms with Gasteiger partial charge < -0.3 is 10.4 Å². The molecule has 15 heavy (non-hydrogen) atoms. The lowest BCUT2D eigenvalue weighted by Gasteiger charge is -2.27. The van der Waals surface area contributed by atoms with Gasteiger partial charge in [-0.15, -0.1) is 0 Å². The summed E-state index contributed by atoms with van der Waals surface area (Å²) in [6, 6.07) is 6.51. The summed E-state index contributed by atoms with van der Waals surface area (Å²) >= 11 is 0. The van der Waals surface area contributed by atoms with Gasteiger partial charge >= 0.3 is 0 Å². The van der Waals surface area contributed by atoms with Crippen LogP contribution in [0, 0.1) is 5.82 Å². The van der Waals surface area contributed by atoms with E-state index in [0.717, 1.165) is 19.5 Å². The van der Waals surface area contributed by atoms with Crippen molar-refractivity contribution in [3.8, 4) is 0 Å². The molecule has 1 heterocycles. The maximum absolute atomic E-state index is 13.6. The van der Waals surface area contributed by atoms with Crippen molar-refractivity contribution in [2.24, 2.45) is 0 Å². The van der Waals surface area contributed by atoms with E-state index in [1.165, 1.54) is 6.07 Å². The fourth-order valence-electron chi connectivity index (χ4n) is 2.16. The molecular formula is C12H16FNO. The zero-order valence-corrected chi connectivity index (χ0v) is 8.67.